The van der Waals surface area contributed by atoms with E-state index in [-0.39, 0.29) is 17.9 Å². The van der Waals surface area contributed by atoms with Gasteiger partial charge in [0.2, 0.25) is 11.9 Å². The zero-order valence-electron chi connectivity index (χ0n) is 20.3. The van der Waals surface area contributed by atoms with Crippen LogP contribution >= 0.6 is 0 Å². The summed E-state index contributed by atoms with van der Waals surface area (Å²) in [6, 6.07) is 1.80. The Hall–Kier alpha value is -3.16. The van der Waals surface area contributed by atoms with Gasteiger partial charge in [0.05, 0.1) is 18.6 Å². The number of aliphatic carboxylic acids is 1. The van der Waals surface area contributed by atoms with Crippen LogP contribution in [0.5, 0.6) is 0 Å². The quantitative estimate of drug-likeness (QED) is 0.622. The van der Waals surface area contributed by atoms with Crippen LogP contribution in [-0.2, 0) is 14.3 Å². The molecule has 36 heavy (non-hydrogen) atoms. The molecule has 0 unspecified atom stereocenters. The third-order valence-electron chi connectivity index (χ3n) is 6.64. The molecule has 3 aliphatic heterocycles. The summed E-state index contributed by atoms with van der Waals surface area (Å²) in [5, 5.41) is 7.12. The predicted molar refractivity (Wildman–Crippen MR) is 121 cm³/mol. The zero-order chi connectivity index (χ0) is 26.5. The number of ether oxygens (including phenoxy) is 1. The Morgan fingerprint density at radius 2 is 1.69 bits per heavy atom. The van der Waals surface area contributed by atoms with Crippen molar-refractivity contribution in [3.05, 3.63) is 18.5 Å². The summed E-state index contributed by atoms with van der Waals surface area (Å²) < 4.78 is 37.2. The van der Waals surface area contributed by atoms with E-state index in [1.807, 2.05) is 9.80 Å². The third kappa shape index (κ3) is 6.15. The van der Waals surface area contributed by atoms with Crippen LogP contribution in [0.15, 0.2) is 18.5 Å². The van der Waals surface area contributed by atoms with Crippen molar-refractivity contribution in [2.45, 2.75) is 19.0 Å². The highest BCUT2D eigenvalue weighted by atomic mass is 19.4. The number of halogens is 3. The fourth-order valence-electron chi connectivity index (χ4n) is 4.93. The van der Waals surface area contributed by atoms with E-state index in [2.05, 4.69) is 14.9 Å². The maximum Gasteiger partial charge on any atom is 0.490 e. The van der Waals surface area contributed by atoms with Gasteiger partial charge in [0.1, 0.15) is 0 Å². The van der Waals surface area contributed by atoms with Gasteiger partial charge in [-0.05, 0) is 18.9 Å². The number of aromatic nitrogens is 2. The van der Waals surface area contributed by atoms with Gasteiger partial charge in [0.15, 0.2) is 0 Å². The molecule has 14 heteroatoms. The van der Waals surface area contributed by atoms with Crippen LogP contribution in [-0.4, -0.2) is 120 Å². The van der Waals surface area contributed by atoms with Crippen molar-refractivity contribution in [2.24, 2.45) is 11.3 Å². The maximum atomic E-state index is 13.8. The van der Waals surface area contributed by atoms with Gasteiger partial charge in [0, 0.05) is 71.7 Å². The van der Waals surface area contributed by atoms with Crippen molar-refractivity contribution in [3.63, 3.8) is 0 Å². The molecular weight excluding hydrogens is 485 g/mol. The molecule has 3 aliphatic rings. The lowest BCUT2D eigenvalue weighted by atomic mass is 9.73. The van der Waals surface area contributed by atoms with Crippen LogP contribution in [0.2, 0.25) is 0 Å². The van der Waals surface area contributed by atoms with Crippen LogP contribution in [0.1, 0.15) is 12.8 Å². The van der Waals surface area contributed by atoms with E-state index < -0.39 is 17.6 Å². The van der Waals surface area contributed by atoms with E-state index in [0.29, 0.717) is 58.4 Å². The topological polar surface area (TPSA) is 119 Å². The molecule has 4 heterocycles. The summed E-state index contributed by atoms with van der Waals surface area (Å²) in [6.07, 6.45) is -0.0339. The number of alkyl halides is 3. The minimum atomic E-state index is -5.08. The Labute approximate surface area is 206 Å². The van der Waals surface area contributed by atoms with E-state index in [1.54, 1.807) is 37.5 Å². The normalized spacial score (nSPS) is 24.2. The number of urea groups is 1. The number of anilines is 1. The molecule has 4 rings (SSSR count). The SMILES string of the molecule is CN(C)C(=O)N1CCC[C@]2(C(=O)N3CCOCC3)CN(c3ncccn3)C[C@@H]2C1.O=C(O)C(F)(F)F. The van der Waals surface area contributed by atoms with Crippen molar-refractivity contribution >= 4 is 23.9 Å². The number of amides is 3. The predicted octanol–water partition coefficient (Wildman–Crippen LogP) is 1.17. The highest BCUT2D eigenvalue weighted by Gasteiger charge is 2.55. The number of carboxylic acids is 1. The minimum absolute atomic E-state index is 0.00836. The Bertz CT molecular complexity index is 928. The fraction of sp³-hybridized carbons (Fsp3) is 0.682. The second-order valence-electron chi connectivity index (χ2n) is 9.22. The average Bonchev–Trinajstić information content (AvgIpc) is 3.12. The highest BCUT2D eigenvalue weighted by molar-refractivity contribution is 5.85. The Morgan fingerprint density at radius 3 is 2.25 bits per heavy atom. The standard InChI is InChI=1S/C20H30N6O3.C2HF3O2/c1-23(2)19(28)25-8-3-5-20(17(27)24-9-11-29-12-10-24)15-26(14-16(20)13-25)18-21-6-4-7-22-18;3-2(4,5)1(6)7/h4,6-7,16H,3,5,8-15H2,1-2H3;(H,6,7)/t16-,20-;/m0./s1. The number of fused-ring (bicyclic) bond motifs is 1. The number of hydrogen-bond acceptors (Lipinski definition) is 7. The fourth-order valence-corrected chi connectivity index (χ4v) is 4.93. The number of hydrogen-bond donors (Lipinski definition) is 1. The molecule has 0 spiro atoms. The minimum Gasteiger partial charge on any atom is -0.475 e. The lowest BCUT2D eigenvalue weighted by molar-refractivity contribution is -0.192. The largest absolute Gasteiger partial charge is 0.490 e. The van der Waals surface area contributed by atoms with Crippen molar-refractivity contribution < 1.29 is 37.4 Å². The molecule has 0 aliphatic carbocycles. The van der Waals surface area contributed by atoms with E-state index in [9.17, 15) is 22.8 Å². The number of carbonyl (C=O) groups excluding carboxylic acids is 2. The molecule has 3 fully saturated rings. The molecule has 1 aromatic heterocycles. The first-order valence-electron chi connectivity index (χ1n) is 11.6. The molecule has 1 aromatic rings. The van der Waals surface area contributed by atoms with E-state index in [0.717, 1.165) is 12.8 Å². The van der Waals surface area contributed by atoms with Gasteiger partial charge in [-0.1, -0.05) is 0 Å². The van der Waals surface area contributed by atoms with Crippen molar-refractivity contribution in [2.75, 3.05) is 71.5 Å². The number of likely N-dealkylation sites (tertiary alicyclic amines) is 1. The molecule has 1 N–H and O–H groups in total. The molecule has 2 atom stereocenters. The molecule has 0 radical (unpaired) electrons. The Balaban J connectivity index is 0.000000454. The molecule has 3 saturated heterocycles. The van der Waals surface area contributed by atoms with Gasteiger partial charge in [-0.15, -0.1) is 0 Å². The summed E-state index contributed by atoms with van der Waals surface area (Å²) in [6.45, 7) is 4.99. The summed E-state index contributed by atoms with van der Waals surface area (Å²) in [7, 11) is 3.55. The Morgan fingerprint density at radius 1 is 1.08 bits per heavy atom. The van der Waals surface area contributed by atoms with Gasteiger partial charge in [0.25, 0.3) is 0 Å². The number of rotatable bonds is 2. The average molecular weight is 517 g/mol. The molecule has 0 bridgehead atoms. The summed E-state index contributed by atoms with van der Waals surface area (Å²) in [5.74, 6) is -1.86. The number of carbonyl (C=O) groups is 3. The lowest BCUT2D eigenvalue weighted by Gasteiger charge is -2.38. The molecule has 0 aromatic carbocycles. The van der Waals surface area contributed by atoms with Gasteiger partial charge >= 0.3 is 18.2 Å². The van der Waals surface area contributed by atoms with Crippen molar-refractivity contribution in [1.29, 1.82) is 0 Å². The molecular formula is C22H31F3N6O5. The zero-order valence-corrected chi connectivity index (χ0v) is 20.3. The Kier molecular flexibility index (Phi) is 8.59. The summed E-state index contributed by atoms with van der Waals surface area (Å²) in [4.78, 5) is 51.8. The second kappa shape index (κ2) is 11.3. The summed E-state index contributed by atoms with van der Waals surface area (Å²) in [5.41, 5.74) is -0.516. The van der Waals surface area contributed by atoms with Crippen LogP contribution < -0.4 is 4.90 Å². The maximum absolute atomic E-state index is 13.8. The lowest BCUT2D eigenvalue weighted by Crippen LogP contribution is -2.53. The first-order chi connectivity index (χ1) is 17.0. The summed E-state index contributed by atoms with van der Waals surface area (Å²) >= 11 is 0. The first-order valence-corrected chi connectivity index (χ1v) is 11.6. The van der Waals surface area contributed by atoms with Gasteiger partial charge in [-0.25, -0.2) is 19.6 Å². The van der Waals surface area contributed by atoms with Gasteiger partial charge in [-0.2, -0.15) is 13.2 Å². The third-order valence-corrected chi connectivity index (χ3v) is 6.64. The van der Waals surface area contributed by atoms with Crippen molar-refractivity contribution in [1.82, 2.24) is 24.7 Å². The van der Waals surface area contributed by atoms with E-state index in [4.69, 9.17) is 14.6 Å². The first kappa shape index (κ1) is 27.4. The van der Waals surface area contributed by atoms with Crippen LogP contribution in [0.4, 0.5) is 23.9 Å². The molecule has 3 amide bonds. The smallest absolute Gasteiger partial charge is 0.475 e. The van der Waals surface area contributed by atoms with Gasteiger partial charge < -0.3 is 29.4 Å². The van der Waals surface area contributed by atoms with E-state index in [1.165, 1.54) is 0 Å². The number of nitrogens with zero attached hydrogens (tertiary/aromatic N) is 6. The molecule has 11 nitrogen and oxygen atoms in total. The molecule has 200 valence electrons. The van der Waals surface area contributed by atoms with Gasteiger partial charge in [-0.3, -0.25) is 4.79 Å². The number of carboxylic acid groups (broad SMARTS) is 1. The number of morpholine rings is 1. The highest BCUT2D eigenvalue weighted by Crippen LogP contribution is 2.45. The van der Waals surface area contributed by atoms with Crippen LogP contribution in [0.3, 0.4) is 0 Å². The molecule has 0 saturated carbocycles. The van der Waals surface area contributed by atoms with Crippen LogP contribution in [0, 0.1) is 11.3 Å². The second-order valence-corrected chi connectivity index (χ2v) is 9.22. The van der Waals surface area contributed by atoms with Crippen molar-refractivity contribution in [3.8, 4) is 0 Å². The monoisotopic (exact) mass is 516 g/mol. The van der Waals surface area contributed by atoms with E-state index >= 15 is 0 Å². The van der Waals surface area contributed by atoms with Crippen LogP contribution in [0.25, 0.3) is 0 Å².